The fraction of sp³-hybridized carbons (Fsp3) is 0.533. The first-order valence-electron chi connectivity index (χ1n) is 7.09. The van der Waals surface area contributed by atoms with Gasteiger partial charge in [-0.05, 0) is 44.1 Å². The zero-order chi connectivity index (χ0) is 13.2. The summed E-state index contributed by atoms with van der Waals surface area (Å²) in [5.41, 5.74) is 3.71. The molecule has 1 saturated heterocycles. The molecule has 19 heavy (non-hydrogen) atoms. The van der Waals surface area contributed by atoms with Crippen molar-refractivity contribution in [3.05, 3.63) is 29.6 Å². The highest BCUT2D eigenvalue weighted by atomic mass is 15.1. The Kier molecular flexibility index (Phi) is 3.53. The van der Waals surface area contributed by atoms with E-state index in [1.165, 1.54) is 24.0 Å². The number of imidazole rings is 1. The van der Waals surface area contributed by atoms with E-state index < -0.39 is 0 Å². The Hall–Kier alpha value is -1.39. The van der Waals surface area contributed by atoms with Crippen LogP contribution in [0.25, 0.3) is 11.0 Å². The molecule has 0 unspecified atom stereocenters. The van der Waals surface area contributed by atoms with Gasteiger partial charge in [0.1, 0.15) is 5.82 Å². The molecule has 1 aliphatic heterocycles. The first kappa shape index (κ1) is 12.6. The first-order chi connectivity index (χ1) is 9.24. The van der Waals surface area contributed by atoms with Crippen LogP contribution < -0.4 is 5.32 Å². The summed E-state index contributed by atoms with van der Waals surface area (Å²) in [7, 11) is 2.07. The largest absolute Gasteiger partial charge is 0.331 e. The van der Waals surface area contributed by atoms with Crippen LogP contribution >= 0.6 is 0 Å². The quantitative estimate of drug-likeness (QED) is 0.889. The summed E-state index contributed by atoms with van der Waals surface area (Å²) < 4.78 is 2.15. The van der Waals surface area contributed by atoms with Crippen molar-refractivity contribution in [3.63, 3.8) is 0 Å². The fourth-order valence-electron chi connectivity index (χ4n) is 2.78. The summed E-state index contributed by atoms with van der Waals surface area (Å²) in [6.07, 6.45) is 1.24. The van der Waals surface area contributed by atoms with Gasteiger partial charge in [0.2, 0.25) is 0 Å². The minimum Gasteiger partial charge on any atom is -0.331 e. The molecule has 2 heterocycles. The first-order valence-corrected chi connectivity index (χ1v) is 7.09. The Bertz CT molecular complexity index is 565. The number of rotatable bonds is 2. The number of nitrogens with one attached hydrogen (secondary N) is 1. The monoisotopic (exact) mass is 258 g/mol. The number of hydrogen-bond donors (Lipinski definition) is 1. The van der Waals surface area contributed by atoms with Crippen LogP contribution in [0.1, 0.15) is 17.8 Å². The normalized spacial score (nSPS) is 17.8. The molecule has 0 bridgehead atoms. The van der Waals surface area contributed by atoms with Gasteiger partial charge in [0.05, 0.1) is 11.0 Å². The van der Waals surface area contributed by atoms with Crippen molar-refractivity contribution in [2.75, 3.05) is 26.2 Å². The van der Waals surface area contributed by atoms with E-state index in [-0.39, 0.29) is 0 Å². The Morgan fingerprint density at radius 1 is 1.26 bits per heavy atom. The van der Waals surface area contributed by atoms with E-state index >= 15 is 0 Å². The summed E-state index contributed by atoms with van der Waals surface area (Å²) >= 11 is 0. The molecule has 1 N–H and O–H groups in total. The smallest absolute Gasteiger partial charge is 0.106 e. The molecule has 0 radical (unpaired) electrons. The predicted octanol–water partition coefficient (Wildman–Crippen LogP) is 1.68. The third-order valence-corrected chi connectivity index (χ3v) is 4.01. The van der Waals surface area contributed by atoms with E-state index in [0.717, 1.165) is 37.5 Å². The molecular weight excluding hydrogens is 236 g/mol. The van der Waals surface area contributed by atoms with Gasteiger partial charge in [0.25, 0.3) is 0 Å². The molecule has 4 nitrogen and oxygen atoms in total. The summed E-state index contributed by atoms with van der Waals surface area (Å²) in [6.45, 7) is 7.67. The van der Waals surface area contributed by atoms with Crippen LogP contribution in [0, 0.1) is 6.92 Å². The Morgan fingerprint density at radius 3 is 3.05 bits per heavy atom. The molecule has 1 aliphatic rings. The molecule has 0 aliphatic carbocycles. The van der Waals surface area contributed by atoms with E-state index in [9.17, 15) is 0 Å². The van der Waals surface area contributed by atoms with Crippen LogP contribution in [0.4, 0.5) is 0 Å². The van der Waals surface area contributed by atoms with Gasteiger partial charge in [-0.1, -0.05) is 6.07 Å². The molecule has 1 aromatic heterocycles. The Labute approximate surface area is 114 Å². The highest BCUT2D eigenvalue weighted by Crippen LogP contribution is 2.17. The molecule has 0 spiro atoms. The number of benzene rings is 1. The van der Waals surface area contributed by atoms with Crippen LogP contribution in [-0.4, -0.2) is 40.6 Å². The maximum Gasteiger partial charge on any atom is 0.106 e. The second-order valence-electron chi connectivity index (χ2n) is 5.42. The molecule has 0 saturated carbocycles. The van der Waals surface area contributed by atoms with Crippen molar-refractivity contribution in [3.8, 4) is 0 Å². The van der Waals surface area contributed by atoms with Crippen molar-refractivity contribution in [1.82, 2.24) is 19.8 Å². The third-order valence-electron chi connectivity index (χ3n) is 4.01. The average Bonchev–Trinajstić information content (AvgIpc) is 2.60. The predicted molar refractivity (Wildman–Crippen MR) is 78.2 cm³/mol. The standard InChI is InChI=1S/C15H22N4/c1-12-17-14-10-13(4-5-15(14)18(12)2)11-19-8-3-6-16-7-9-19/h4-5,10,16H,3,6-9,11H2,1-2H3. The van der Waals surface area contributed by atoms with Crippen LogP contribution in [0.3, 0.4) is 0 Å². The van der Waals surface area contributed by atoms with Crippen molar-refractivity contribution in [1.29, 1.82) is 0 Å². The second-order valence-corrected chi connectivity index (χ2v) is 5.42. The van der Waals surface area contributed by atoms with E-state index in [1.54, 1.807) is 0 Å². The van der Waals surface area contributed by atoms with Crippen molar-refractivity contribution >= 4 is 11.0 Å². The van der Waals surface area contributed by atoms with E-state index in [1.807, 2.05) is 0 Å². The topological polar surface area (TPSA) is 33.1 Å². The number of aryl methyl sites for hydroxylation is 2. The number of hydrogen-bond acceptors (Lipinski definition) is 3. The zero-order valence-corrected chi connectivity index (χ0v) is 11.8. The van der Waals surface area contributed by atoms with Crippen LogP contribution in [-0.2, 0) is 13.6 Å². The lowest BCUT2D eigenvalue weighted by atomic mass is 10.2. The van der Waals surface area contributed by atoms with Gasteiger partial charge in [0.15, 0.2) is 0 Å². The molecular formula is C15H22N4. The maximum atomic E-state index is 4.62. The van der Waals surface area contributed by atoms with Gasteiger partial charge in [-0.25, -0.2) is 4.98 Å². The Balaban J connectivity index is 1.80. The number of aromatic nitrogens is 2. The second kappa shape index (κ2) is 5.31. The average molecular weight is 258 g/mol. The molecule has 4 heteroatoms. The molecule has 2 aromatic rings. The van der Waals surface area contributed by atoms with Gasteiger partial charge in [-0.2, -0.15) is 0 Å². The van der Waals surface area contributed by atoms with Crippen molar-refractivity contribution in [2.24, 2.45) is 7.05 Å². The number of fused-ring (bicyclic) bond motifs is 1. The van der Waals surface area contributed by atoms with Gasteiger partial charge >= 0.3 is 0 Å². The van der Waals surface area contributed by atoms with E-state index in [0.29, 0.717) is 0 Å². The number of nitrogens with zero attached hydrogens (tertiary/aromatic N) is 3. The lowest BCUT2D eigenvalue weighted by Gasteiger charge is -2.19. The van der Waals surface area contributed by atoms with E-state index in [2.05, 4.69) is 51.9 Å². The van der Waals surface area contributed by atoms with Crippen molar-refractivity contribution < 1.29 is 0 Å². The van der Waals surface area contributed by atoms with Crippen molar-refractivity contribution in [2.45, 2.75) is 19.9 Å². The molecule has 102 valence electrons. The highest BCUT2D eigenvalue weighted by Gasteiger charge is 2.10. The summed E-state index contributed by atoms with van der Waals surface area (Å²) in [5, 5.41) is 3.45. The summed E-state index contributed by atoms with van der Waals surface area (Å²) in [5.74, 6) is 1.08. The fourth-order valence-corrected chi connectivity index (χ4v) is 2.78. The summed E-state index contributed by atoms with van der Waals surface area (Å²) in [6, 6.07) is 6.67. The molecule has 1 fully saturated rings. The van der Waals surface area contributed by atoms with Gasteiger partial charge < -0.3 is 9.88 Å². The van der Waals surface area contributed by atoms with Crippen LogP contribution in [0.2, 0.25) is 0 Å². The highest BCUT2D eigenvalue weighted by molar-refractivity contribution is 5.76. The van der Waals surface area contributed by atoms with Crippen LogP contribution in [0.5, 0.6) is 0 Å². The Morgan fingerprint density at radius 2 is 2.16 bits per heavy atom. The van der Waals surface area contributed by atoms with Crippen LogP contribution in [0.15, 0.2) is 18.2 Å². The maximum absolute atomic E-state index is 4.62. The summed E-state index contributed by atoms with van der Waals surface area (Å²) in [4.78, 5) is 7.14. The minimum absolute atomic E-state index is 1.03. The van der Waals surface area contributed by atoms with Gasteiger partial charge in [-0.3, -0.25) is 4.90 Å². The van der Waals surface area contributed by atoms with Gasteiger partial charge in [-0.15, -0.1) is 0 Å². The lowest BCUT2D eigenvalue weighted by Crippen LogP contribution is -2.27. The zero-order valence-electron chi connectivity index (χ0n) is 11.8. The molecule has 1 aromatic carbocycles. The minimum atomic E-state index is 1.03. The van der Waals surface area contributed by atoms with E-state index in [4.69, 9.17) is 0 Å². The lowest BCUT2D eigenvalue weighted by molar-refractivity contribution is 0.284. The third kappa shape index (κ3) is 2.65. The molecule has 0 amide bonds. The SMILES string of the molecule is Cc1nc2cc(CN3CCCNCC3)ccc2n1C. The van der Waals surface area contributed by atoms with Gasteiger partial charge in [0, 0.05) is 26.7 Å². The molecule has 3 rings (SSSR count). The molecule has 0 atom stereocenters.